The minimum atomic E-state index is -5.26. The van der Waals surface area contributed by atoms with Crippen LogP contribution in [0.1, 0.15) is 5.56 Å². The highest BCUT2D eigenvalue weighted by Gasteiger charge is 2.40. The van der Waals surface area contributed by atoms with Crippen LogP contribution in [0.15, 0.2) is 16.6 Å². The van der Waals surface area contributed by atoms with Crippen LogP contribution in [0, 0.1) is 0 Å². The van der Waals surface area contributed by atoms with Crippen molar-refractivity contribution in [3.05, 3.63) is 22.2 Å². The number of rotatable bonds is 1. The van der Waals surface area contributed by atoms with E-state index >= 15 is 0 Å². The molecule has 0 radical (unpaired) electrons. The van der Waals surface area contributed by atoms with E-state index in [4.69, 9.17) is 5.11 Å². The Morgan fingerprint density at radius 1 is 1.06 bits per heavy atom. The molecular formula is C8H3BrF6O2. The van der Waals surface area contributed by atoms with Crippen molar-refractivity contribution in [1.82, 2.24) is 0 Å². The molecule has 0 aliphatic rings. The van der Waals surface area contributed by atoms with Gasteiger partial charge in [0, 0.05) is 0 Å². The molecule has 9 heteroatoms. The van der Waals surface area contributed by atoms with Gasteiger partial charge in [0.25, 0.3) is 0 Å². The zero-order chi connectivity index (χ0) is 13.4. The van der Waals surface area contributed by atoms with Gasteiger partial charge < -0.3 is 9.84 Å². The van der Waals surface area contributed by atoms with Crippen LogP contribution >= 0.6 is 15.9 Å². The predicted octanol–water partition coefficient (Wildman–Crippen LogP) is 4.07. The van der Waals surface area contributed by atoms with Gasteiger partial charge in [-0.2, -0.15) is 13.2 Å². The summed E-state index contributed by atoms with van der Waals surface area (Å²) in [6.45, 7) is 0. The highest BCUT2D eigenvalue weighted by Crippen LogP contribution is 2.44. The van der Waals surface area contributed by atoms with Crippen LogP contribution in [-0.4, -0.2) is 11.5 Å². The van der Waals surface area contributed by atoms with Gasteiger partial charge in [0.05, 0.1) is 4.47 Å². The molecule has 1 N–H and O–H groups in total. The molecule has 96 valence electrons. The minimum absolute atomic E-state index is 0.145. The van der Waals surface area contributed by atoms with E-state index in [-0.39, 0.29) is 6.07 Å². The molecule has 0 aliphatic carbocycles. The molecule has 2 nitrogen and oxygen atoms in total. The number of hydrogen-bond acceptors (Lipinski definition) is 2. The summed E-state index contributed by atoms with van der Waals surface area (Å²) in [4.78, 5) is 0. The maximum atomic E-state index is 12.4. The fourth-order valence-corrected chi connectivity index (χ4v) is 1.54. The van der Waals surface area contributed by atoms with Gasteiger partial charge in [0.2, 0.25) is 0 Å². The van der Waals surface area contributed by atoms with Crippen molar-refractivity contribution in [2.75, 3.05) is 0 Å². The first-order chi connectivity index (χ1) is 7.50. The van der Waals surface area contributed by atoms with Crippen molar-refractivity contribution >= 4 is 15.9 Å². The topological polar surface area (TPSA) is 29.5 Å². The van der Waals surface area contributed by atoms with Crippen LogP contribution in [0.3, 0.4) is 0 Å². The number of phenols is 1. The molecule has 0 amide bonds. The summed E-state index contributed by atoms with van der Waals surface area (Å²) >= 11 is 2.46. The smallest absolute Gasteiger partial charge is 0.508 e. The lowest BCUT2D eigenvalue weighted by Crippen LogP contribution is -2.20. The fourth-order valence-electron chi connectivity index (χ4n) is 1.01. The Labute approximate surface area is 98.9 Å². The summed E-state index contributed by atoms with van der Waals surface area (Å²) in [5, 5.41) is 8.91. The lowest BCUT2D eigenvalue weighted by atomic mass is 10.2. The number of benzene rings is 1. The summed E-state index contributed by atoms with van der Waals surface area (Å²) < 4.78 is 75.6. The zero-order valence-electron chi connectivity index (χ0n) is 7.66. The highest BCUT2D eigenvalue weighted by atomic mass is 79.9. The van der Waals surface area contributed by atoms with Crippen LogP contribution in [0.5, 0.6) is 11.5 Å². The third-order valence-electron chi connectivity index (χ3n) is 1.55. The van der Waals surface area contributed by atoms with Crippen molar-refractivity contribution in [2.24, 2.45) is 0 Å². The van der Waals surface area contributed by atoms with Gasteiger partial charge in [-0.1, -0.05) is 0 Å². The van der Waals surface area contributed by atoms with Crippen LogP contribution in [0.4, 0.5) is 26.3 Å². The van der Waals surface area contributed by atoms with E-state index < -0.39 is 34.1 Å². The van der Waals surface area contributed by atoms with E-state index in [1.165, 1.54) is 0 Å². The normalized spacial score (nSPS) is 12.6. The van der Waals surface area contributed by atoms with Gasteiger partial charge in [-0.15, -0.1) is 13.2 Å². The monoisotopic (exact) mass is 324 g/mol. The molecule has 1 rings (SSSR count). The molecule has 0 aromatic heterocycles. The molecule has 0 unspecified atom stereocenters. The van der Waals surface area contributed by atoms with E-state index in [9.17, 15) is 26.3 Å². The van der Waals surface area contributed by atoms with E-state index in [0.717, 1.165) is 0 Å². The Bertz CT molecular complexity index is 425. The second-order valence-electron chi connectivity index (χ2n) is 2.85. The second-order valence-corrected chi connectivity index (χ2v) is 3.70. The molecule has 0 saturated carbocycles. The van der Waals surface area contributed by atoms with Gasteiger partial charge >= 0.3 is 12.5 Å². The van der Waals surface area contributed by atoms with Gasteiger partial charge in [-0.05, 0) is 28.1 Å². The first kappa shape index (κ1) is 13.9. The van der Waals surface area contributed by atoms with Crippen LogP contribution in [0.2, 0.25) is 0 Å². The third kappa shape index (κ3) is 3.69. The van der Waals surface area contributed by atoms with Crippen molar-refractivity contribution in [3.63, 3.8) is 0 Å². The Hall–Kier alpha value is -1.12. The molecule has 0 atom stereocenters. The summed E-state index contributed by atoms with van der Waals surface area (Å²) in [6.07, 6.45) is -10.3. The molecule has 1 aromatic carbocycles. The van der Waals surface area contributed by atoms with Crippen LogP contribution in [-0.2, 0) is 6.18 Å². The Kier molecular flexibility index (Phi) is 3.51. The fraction of sp³-hybridized carbons (Fsp3) is 0.250. The molecule has 0 saturated heterocycles. The number of halogens is 7. The standard InChI is InChI=1S/C8H3BrF6O2/c9-5-2-3(16)1-4(7(10,11)12)6(5)17-8(13,14)15/h1-2,16H. The Morgan fingerprint density at radius 2 is 1.59 bits per heavy atom. The molecule has 17 heavy (non-hydrogen) atoms. The van der Waals surface area contributed by atoms with Crippen LogP contribution in [0.25, 0.3) is 0 Å². The minimum Gasteiger partial charge on any atom is -0.508 e. The summed E-state index contributed by atoms with van der Waals surface area (Å²) in [7, 11) is 0. The maximum Gasteiger partial charge on any atom is 0.573 e. The van der Waals surface area contributed by atoms with E-state index in [0.29, 0.717) is 6.07 Å². The number of aromatic hydroxyl groups is 1. The SMILES string of the molecule is Oc1cc(Br)c(OC(F)(F)F)c(C(F)(F)F)c1. The van der Waals surface area contributed by atoms with E-state index in [1.807, 2.05) is 0 Å². The molecule has 0 fully saturated rings. The third-order valence-corrected chi connectivity index (χ3v) is 2.14. The zero-order valence-corrected chi connectivity index (χ0v) is 9.24. The van der Waals surface area contributed by atoms with Crippen molar-refractivity contribution in [1.29, 1.82) is 0 Å². The Morgan fingerprint density at radius 3 is 2.00 bits per heavy atom. The molecule has 0 bridgehead atoms. The average Bonchev–Trinajstić information content (AvgIpc) is 2.05. The first-order valence-electron chi connectivity index (χ1n) is 3.86. The predicted molar refractivity (Wildman–Crippen MR) is 47.5 cm³/mol. The summed E-state index contributed by atoms with van der Waals surface area (Å²) in [6, 6.07) is 0.808. The highest BCUT2D eigenvalue weighted by molar-refractivity contribution is 9.10. The molecular weight excluding hydrogens is 322 g/mol. The average molecular weight is 325 g/mol. The van der Waals surface area contributed by atoms with Crippen molar-refractivity contribution < 1.29 is 36.2 Å². The van der Waals surface area contributed by atoms with Crippen molar-refractivity contribution in [3.8, 4) is 11.5 Å². The second kappa shape index (κ2) is 4.28. The number of hydrogen-bond donors (Lipinski definition) is 1. The summed E-state index contributed by atoms with van der Waals surface area (Å²) in [5.41, 5.74) is -1.72. The largest absolute Gasteiger partial charge is 0.573 e. The van der Waals surface area contributed by atoms with Crippen molar-refractivity contribution in [2.45, 2.75) is 12.5 Å². The molecule has 0 spiro atoms. The first-order valence-corrected chi connectivity index (χ1v) is 4.65. The Balaban J connectivity index is 3.36. The van der Waals surface area contributed by atoms with E-state index in [1.54, 1.807) is 0 Å². The number of ether oxygens (including phenoxy) is 1. The van der Waals surface area contributed by atoms with Gasteiger partial charge in [0.15, 0.2) is 5.75 Å². The lowest BCUT2D eigenvalue weighted by Gasteiger charge is -2.16. The van der Waals surface area contributed by atoms with Gasteiger partial charge in [-0.25, -0.2) is 0 Å². The number of alkyl halides is 6. The number of phenolic OH excluding ortho intramolecular Hbond substituents is 1. The molecule has 0 aliphatic heterocycles. The van der Waals surface area contributed by atoms with Crippen LogP contribution < -0.4 is 4.74 Å². The molecule has 0 heterocycles. The maximum absolute atomic E-state index is 12.4. The molecule has 1 aromatic rings. The van der Waals surface area contributed by atoms with E-state index in [2.05, 4.69) is 20.7 Å². The lowest BCUT2D eigenvalue weighted by molar-refractivity contribution is -0.276. The van der Waals surface area contributed by atoms with Gasteiger partial charge in [0.1, 0.15) is 11.3 Å². The quantitative estimate of drug-likeness (QED) is 0.789. The summed E-state index contributed by atoms with van der Waals surface area (Å²) in [5.74, 6) is -2.28. The van der Waals surface area contributed by atoms with Gasteiger partial charge in [-0.3, -0.25) is 0 Å².